The molecular weight excluding hydrogens is 154 g/mol. The van der Waals surface area contributed by atoms with Crippen molar-refractivity contribution < 1.29 is 14.4 Å². The topological polar surface area (TPSA) is 51.2 Å². The first kappa shape index (κ1) is 6.65. The standard InChI is InChI=1S/3CHO.Ga/c3*1-2;/h3*1H;. The molecule has 0 atom stereocenters. The average molecular weight is 157 g/mol. The number of rotatable bonds is 3. The van der Waals surface area contributed by atoms with Crippen molar-refractivity contribution in [2.75, 3.05) is 0 Å². The zero-order valence-electron chi connectivity index (χ0n) is 3.53. The first-order valence-electron chi connectivity index (χ1n) is 1.71. The van der Waals surface area contributed by atoms with Crippen molar-refractivity contribution in [3.05, 3.63) is 0 Å². The summed E-state index contributed by atoms with van der Waals surface area (Å²) < 4.78 is 0. The second kappa shape index (κ2) is 3.82. The molecule has 0 unspecified atom stereocenters. The van der Waals surface area contributed by atoms with Crippen molar-refractivity contribution in [2.24, 2.45) is 0 Å². The van der Waals surface area contributed by atoms with Crippen molar-refractivity contribution >= 4 is 30.7 Å². The third-order valence-corrected chi connectivity index (χ3v) is 2.45. The van der Waals surface area contributed by atoms with E-state index in [1.807, 2.05) is 0 Å². The van der Waals surface area contributed by atoms with Gasteiger partial charge in [-0.05, 0) is 0 Å². The maximum absolute atomic E-state index is 9.59. The molecule has 0 aromatic heterocycles. The van der Waals surface area contributed by atoms with E-state index in [0.717, 1.165) is 0 Å². The quantitative estimate of drug-likeness (QED) is 0.381. The third kappa shape index (κ3) is 2.35. The SMILES string of the molecule is O=[CH][Ga]([CH]=O)[CH]=O. The fraction of sp³-hybridized carbons (Fsp3) is 0. The fourth-order valence-electron chi connectivity index (χ4n) is 0.0962. The Bertz CT molecular complexity index is 71.2. The van der Waals surface area contributed by atoms with Gasteiger partial charge in [0.2, 0.25) is 0 Å². The van der Waals surface area contributed by atoms with E-state index in [9.17, 15) is 14.4 Å². The van der Waals surface area contributed by atoms with Gasteiger partial charge >= 0.3 is 45.1 Å². The van der Waals surface area contributed by atoms with Crippen LogP contribution >= 0.6 is 0 Å². The fourth-order valence-corrected chi connectivity index (χ4v) is 0.500. The molecule has 0 bridgehead atoms. The predicted molar refractivity (Wildman–Crippen MR) is 26.0 cm³/mol. The summed E-state index contributed by atoms with van der Waals surface area (Å²) in [6.07, 6.45) is 0. The minimum absolute atomic E-state index is 0.479. The van der Waals surface area contributed by atoms with Gasteiger partial charge < -0.3 is 0 Å². The molecule has 0 aromatic rings. The van der Waals surface area contributed by atoms with Crippen LogP contribution in [0.2, 0.25) is 0 Å². The van der Waals surface area contributed by atoms with Gasteiger partial charge in [0.25, 0.3) is 0 Å². The molecular formula is C3H3GaO3. The Hall–Kier alpha value is -0.354. The van der Waals surface area contributed by atoms with Gasteiger partial charge in [0, 0.05) is 0 Å². The van der Waals surface area contributed by atoms with Crippen LogP contribution in [0.25, 0.3) is 0 Å². The van der Waals surface area contributed by atoms with Crippen LogP contribution < -0.4 is 0 Å². The van der Waals surface area contributed by atoms with Gasteiger partial charge in [0.05, 0.1) is 0 Å². The minimum atomic E-state index is -2.62. The van der Waals surface area contributed by atoms with Gasteiger partial charge in [-0.2, -0.15) is 0 Å². The van der Waals surface area contributed by atoms with Crippen molar-refractivity contribution in [1.29, 1.82) is 0 Å². The normalized spacial score (nSPS) is 6.86. The molecule has 0 N–H and O–H groups in total. The van der Waals surface area contributed by atoms with Crippen LogP contribution in [0.15, 0.2) is 0 Å². The summed E-state index contributed by atoms with van der Waals surface area (Å²) in [4.78, 5) is 30.2. The zero-order chi connectivity index (χ0) is 5.70. The molecule has 0 fully saturated rings. The Morgan fingerprint density at radius 2 is 1.14 bits per heavy atom. The van der Waals surface area contributed by atoms with E-state index in [4.69, 9.17) is 0 Å². The van der Waals surface area contributed by atoms with Crippen LogP contribution in [0, 0.1) is 0 Å². The molecule has 0 rings (SSSR count). The van der Waals surface area contributed by atoms with Gasteiger partial charge in [-0.25, -0.2) is 0 Å². The van der Waals surface area contributed by atoms with Crippen molar-refractivity contribution in [1.82, 2.24) is 0 Å². The molecule has 0 amide bonds. The number of carbonyl (C=O) groups is 3. The first-order chi connectivity index (χ1) is 3.35. The van der Waals surface area contributed by atoms with E-state index in [2.05, 4.69) is 0 Å². The van der Waals surface area contributed by atoms with Crippen LogP contribution in [-0.4, -0.2) is 30.7 Å². The zero-order valence-corrected chi connectivity index (χ0v) is 5.96. The molecule has 0 heterocycles. The summed E-state index contributed by atoms with van der Waals surface area (Å²) >= 11 is -2.62. The average Bonchev–Trinajstić information content (AvgIpc) is 1.72. The molecule has 4 heteroatoms. The molecule has 0 aliphatic rings. The van der Waals surface area contributed by atoms with Gasteiger partial charge in [-0.1, -0.05) is 0 Å². The van der Waals surface area contributed by atoms with Gasteiger partial charge in [-0.15, -0.1) is 0 Å². The number of hydrogen-bond donors (Lipinski definition) is 0. The second-order valence-corrected chi connectivity index (χ2v) is 5.12. The monoisotopic (exact) mass is 156 g/mol. The van der Waals surface area contributed by atoms with E-state index >= 15 is 0 Å². The molecule has 0 saturated heterocycles. The van der Waals surface area contributed by atoms with Gasteiger partial charge in [0.15, 0.2) is 0 Å². The van der Waals surface area contributed by atoms with Crippen molar-refractivity contribution in [3.8, 4) is 0 Å². The first-order valence-corrected chi connectivity index (χ1v) is 5.90. The summed E-state index contributed by atoms with van der Waals surface area (Å²) in [6, 6.07) is 0. The van der Waals surface area contributed by atoms with Crippen LogP contribution in [0.1, 0.15) is 0 Å². The molecule has 0 aliphatic carbocycles. The van der Waals surface area contributed by atoms with Gasteiger partial charge in [-0.3, -0.25) is 0 Å². The molecule has 7 heavy (non-hydrogen) atoms. The molecule has 0 saturated carbocycles. The van der Waals surface area contributed by atoms with Crippen LogP contribution in [-0.2, 0) is 14.4 Å². The Morgan fingerprint density at radius 1 is 0.857 bits per heavy atom. The molecule has 36 valence electrons. The molecule has 3 nitrogen and oxygen atoms in total. The summed E-state index contributed by atoms with van der Waals surface area (Å²) in [5.41, 5.74) is 0. The number of carbonyl (C=O) groups excluding carboxylic acids is 3. The summed E-state index contributed by atoms with van der Waals surface area (Å²) in [7, 11) is 0. The third-order valence-electron chi connectivity index (χ3n) is 0.471. The Morgan fingerprint density at radius 3 is 1.14 bits per heavy atom. The van der Waals surface area contributed by atoms with Crippen molar-refractivity contribution in [3.63, 3.8) is 0 Å². The van der Waals surface area contributed by atoms with E-state index in [0.29, 0.717) is 14.5 Å². The Balaban J connectivity index is 3.57. The van der Waals surface area contributed by atoms with Crippen molar-refractivity contribution in [2.45, 2.75) is 0 Å². The second-order valence-electron chi connectivity index (χ2n) is 0.986. The Labute approximate surface area is 45.7 Å². The van der Waals surface area contributed by atoms with E-state index in [1.54, 1.807) is 0 Å². The summed E-state index contributed by atoms with van der Waals surface area (Å²) in [5.74, 6) is 0. The van der Waals surface area contributed by atoms with Crippen LogP contribution in [0.3, 0.4) is 0 Å². The molecule has 0 aromatic carbocycles. The summed E-state index contributed by atoms with van der Waals surface area (Å²) in [6.45, 7) is 0. The maximum atomic E-state index is 9.59. The summed E-state index contributed by atoms with van der Waals surface area (Å²) in [5, 5.41) is 0. The van der Waals surface area contributed by atoms with Crippen LogP contribution in [0.5, 0.6) is 0 Å². The van der Waals surface area contributed by atoms with Crippen LogP contribution in [0.4, 0.5) is 0 Å². The predicted octanol–water partition coefficient (Wildman–Crippen LogP) is -1.20. The van der Waals surface area contributed by atoms with Gasteiger partial charge in [0.1, 0.15) is 0 Å². The Kier molecular flexibility index (Phi) is 3.63. The van der Waals surface area contributed by atoms with E-state index in [-0.39, 0.29) is 0 Å². The molecule has 0 radical (unpaired) electrons. The molecule has 0 aliphatic heterocycles. The van der Waals surface area contributed by atoms with E-state index < -0.39 is 16.2 Å². The van der Waals surface area contributed by atoms with E-state index in [1.165, 1.54) is 0 Å². The number of hydrogen-bond acceptors (Lipinski definition) is 3. The molecule has 0 spiro atoms.